The Hall–Kier alpha value is -1.79. The van der Waals surface area contributed by atoms with E-state index in [1.54, 1.807) is 6.07 Å². The number of carbonyl (C=O) groups excluding carboxylic acids is 1. The topological polar surface area (TPSA) is 49.3 Å². The van der Waals surface area contributed by atoms with E-state index in [-0.39, 0.29) is 18.4 Å². The third-order valence-corrected chi connectivity index (χ3v) is 2.50. The van der Waals surface area contributed by atoms with Crippen LogP contribution < -0.4 is 5.32 Å². The van der Waals surface area contributed by atoms with Gasteiger partial charge in [-0.05, 0) is 24.6 Å². The molecule has 0 spiro atoms. The van der Waals surface area contributed by atoms with Crippen molar-refractivity contribution in [3.63, 3.8) is 0 Å². The summed E-state index contributed by atoms with van der Waals surface area (Å²) < 4.78 is 0. The molecular formula is C14H17NO2. The minimum Gasteiger partial charge on any atom is -0.384 e. The molecule has 0 aliphatic carbocycles. The molecule has 0 fully saturated rings. The highest BCUT2D eigenvalue weighted by Crippen LogP contribution is 2.12. The normalized spacial score (nSPS) is 11.2. The third-order valence-electron chi connectivity index (χ3n) is 2.50. The van der Waals surface area contributed by atoms with Crippen LogP contribution in [-0.4, -0.2) is 17.6 Å². The van der Waals surface area contributed by atoms with Crippen molar-refractivity contribution >= 4 is 11.6 Å². The molecule has 0 aliphatic rings. The number of amides is 1. The highest BCUT2D eigenvalue weighted by Gasteiger charge is 2.10. The minimum atomic E-state index is -0.163. The summed E-state index contributed by atoms with van der Waals surface area (Å²) in [5.74, 6) is 5.39. The quantitative estimate of drug-likeness (QED) is 0.782. The molecule has 17 heavy (non-hydrogen) atoms. The van der Waals surface area contributed by atoms with Gasteiger partial charge in [0.05, 0.1) is 0 Å². The summed E-state index contributed by atoms with van der Waals surface area (Å²) in [5, 5.41) is 11.4. The zero-order valence-electron chi connectivity index (χ0n) is 10.2. The Morgan fingerprint density at radius 1 is 1.53 bits per heavy atom. The highest BCUT2D eigenvalue weighted by atomic mass is 16.2. The Kier molecular flexibility index (Phi) is 5.25. The second-order valence-corrected chi connectivity index (χ2v) is 3.84. The van der Waals surface area contributed by atoms with Gasteiger partial charge in [-0.15, -0.1) is 0 Å². The number of nitrogens with one attached hydrogen (secondary N) is 1. The van der Waals surface area contributed by atoms with Crippen molar-refractivity contribution < 1.29 is 9.90 Å². The van der Waals surface area contributed by atoms with Crippen LogP contribution in [-0.2, 0) is 4.79 Å². The lowest BCUT2D eigenvalue weighted by molar-refractivity contribution is -0.119. The molecular weight excluding hydrogens is 214 g/mol. The summed E-state index contributed by atoms with van der Waals surface area (Å²) >= 11 is 0. The molecule has 90 valence electrons. The maximum atomic E-state index is 11.7. The molecule has 3 heteroatoms. The van der Waals surface area contributed by atoms with Crippen LogP contribution >= 0.6 is 0 Å². The van der Waals surface area contributed by atoms with Gasteiger partial charge in [0, 0.05) is 17.2 Å². The Morgan fingerprint density at radius 2 is 2.29 bits per heavy atom. The first-order chi connectivity index (χ1) is 8.17. The van der Waals surface area contributed by atoms with Gasteiger partial charge in [-0.1, -0.05) is 31.8 Å². The van der Waals surface area contributed by atoms with E-state index < -0.39 is 0 Å². The fourth-order valence-electron chi connectivity index (χ4n) is 1.27. The van der Waals surface area contributed by atoms with E-state index in [0.717, 1.165) is 17.7 Å². The van der Waals surface area contributed by atoms with Gasteiger partial charge in [0.25, 0.3) is 0 Å². The lowest BCUT2D eigenvalue weighted by atomic mass is 10.1. The molecule has 1 atom stereocenters. The maximum absolute atomic E-state index is 11.7. The standard InChI is InChI=1S/C14H17NO2/c1-3-11(2)14(17)15-13-8-4-6-12(10-13)7-5-9-16/h4,6,8,10-11,16H,3,9H2,1-2H3,(H,15,17). The largest absolute Gasteiger partial charge is 0.384 e. The van der Waals surface area contributed by atoms with Crippen LogP contribution in [0.15, 0.2) is 24.3 Å². The van der Waals surface area contributed by atoms with E-state index in [0.29, 0.717) is 0 Å². The Balaban J connectivity index is 2.75. The van der Waals surface area contributed by atoms with E-state index in [9.17, 15) is 4.79 Å². The molecule has 3 nitrogen and oxygen atoms in total. The van der Waals surface area contributed by atoms with Crippen LogP contribution in [0, 0.1) is 17.8 Å². The van der Waals surface area contributed by atoms with Gasteiger partial charge in [-0.2, -0.15) is 0 Å². The SMILES string of the molecule is CCC(C)C(=O)Nc1cccc(C#CCO)c1. The van der Waals surface area contributed by atoms with Crippen LogP contribution in [0.3, 0.4) is 0 Å². The van der Waals surface area contributed by atoms with E-state index >= 15 is 0 Å². The lowest BCUT2D eigenvalue weighted by Crippen LogP contribution is -2.19. The van der Waals surface area contributed by atoms with Crippen molar-refractivity contribution in [1.29, 1.82) is 0 Å². The van der Waals surface area contributed by atoms with Gasteiger partial charge in [0.15, 0.2) is 0 Å². The number of hydrogen-bond donors (Lipinski definition) is 2. The predicted molar refractivity (Wildman–Crippen MR) is 68.5 cm³/mol. The summed E-state index contributed by atoms with van der Waals surface area (Å²) in [6.45, 7) is 3.71. The molecule has 1 rings (SSSR count). The first kappa shape index (κ1) is 13.3. The fraction of sp³-hybridized carbons (Fsp3) is 0.357. The smallest absolute Gasteiger partial charge is 0.227 e. The number of carbonyl (C=O) groups is 1. The van der Waals surface area contributed by atoms with Gasteiger partial charge in [0.2, 0.25) is 5.91 Å². The van der Waals surface area contributed by atoms with E-state index in [1.165, 1.54) is 0 Å². The first-order valence-corrected chi connectivity index (χ1v) is 5.68. The average molecular weight is 231 g/mol. The molecule has 1 aromatic rings. The Bertz CT molecular complexity index is 443. The van der Waals surface area contributed by atoms with Crippen LogP contribution in [0.4, 0.5) is 5.69 Å². The molecule has 0 saturated carbocycles. The Morgan fingerprint density at radius 3 is 2.94 bits per heavy atom. The van der Waals surface area contributed by atoms with Crippen LogP contribution in [0.1, 0.15) is 25.8 Å². The van der Waals surface area contributed by atoms with E-state index in [1.807, 2.05) is 32.0 Å². The van der Waals surface area contributed by atoms with Gasteiger partial charge in [-0.25, -0.2) is 0 Å². The van der Waals surface area contributed by atoms with Crippen molar-refractivity contribution in [3.05, 3.63) is 29.8 Å². The molecule has 0 aromatic heterocycles. The highest BCUT2D eigenvalue weighted by molar-refractivity contribution is 5.92. The number of benzene rings is 1. The zero-order valence-corrected chi connectivity index (χ0v) is 10.2. The summed E-state index contributed by atoms with van der Waals surface area (Å²) in [7, 11) is 0. The molecule has 1 unspecified atom stereocenters. The molecule has 0 aliphatic heterocycles. The average Bonchev–Trinajstić information content (AvgIpc) is 2.35. The maximum Gasteiger partial charge on any atom is 0.227 e. The lowest BCUT2D eigenvalue weighted by Gasteiger charge is -2.09. The number of hydrogen-bond acceptors (Lipinski definition) is 2. The van der Waals surface area contributed by atoms with Crippen molar-refractivity contribution in [3.8, 4) is 11.8 Å². The van der Waals surface area contributed by atoms with E-state index in [4.69, 9.17) is 5.11 Å². The monoisotopic (exact) mass is 231 g/mol. The number of aliphatic hydroxyl groups is 1. The second kappa shape index (κ2) is 6.72. The zero-order chi connectivity index (χ0) is 12.7. The first-order valence-electron chi connectivity index (χ1n) is 5.68. The summed E-state index contributed by atoms with van der Waals surface area (Å²) in [6, 6.07) is 7.28. The molecule has 0 saturated heterocycles. The summed E-state index contributed by atoms with van der Waals surface area (Å²) in [6.07, 6.45) is 0.815. The minimum absolute atomic E-state index is 0.00202. The third kappa shape index (κ3) is 4.29. The van der Waals surface area contributed by atoms with Crippen molar-refractivity contribution in [1.82, 2.24) is 0 Å². The molecule has 0 heterocycles. The number of anilines is 1. The van der Waals surface area contributed by atoms with Crippen LogP contribution in [0.5, 0.6) is 0 Å². The van der Waals surface area contributed by atoms with Gasteiger partial charge in [-0.3, -0.25) is 4.79 Å². The van der Waals surface area contributed by atoms with Crippen molar-refractivity contribution in [2.24, 2.45) is 5.92 Å². The molecule has 2 N–H and O–H groups in total. The molecule has 1 aromatic carbocycles. The van der Waals surface area contributed by atoms with Gasteiger partial charge >= 0.3 is 0 Å². The fourth-order valence-corrected chi connectivity index (χ4v) is 1.27. The van der Waals surface area contributed by atoms with E-state index in [2.05, 4.69) is 17.2 Å². The van der Waals surface area contributed by atoms with Crippen molar-refractivity contribution in [2.45, 2.75) is 20.3 Å². The molecule has 0 bridgehead atoms. The molecule has 1 amide bonds. The van der Waals surface area contributed by atoms with Gasteiger partial charge in [0.1, 0.15) is 6.61 Å². The Labute approximate surface area is 102 Å². The molecule has 0 radical (unpaired) electrons. The van der Waals surface area contributed by atoms with Crippen LogP contribution in [0.25, 0.3) is 0 Å². The number of rotatable bonds is 3. The second-order valence-electron chi connectivity index (χ2n) is 3.84. The van der Waals surface area contributed by atoms with Crippen molar-refractivity contribution in [2.75, 3.05) is 11.9 Å². The summed E-state index contributed by atoms with van der Waals surface area (Å²) in [5.41, 5.74) is 1.51. The number of aliphatic hydroxyl groups excluding tert-OH is 1. The predicted octanol–water partition coefficient (Wildman–Crippen LogP) is 2.01. The summed E-state index contributed by atoms with van der Waals surface area (Å²) in [4.78, 5) is 11.7. The van der Waals surface area contributed by atoms with Gasteiger partial charge < -0.3 is 10.4 Å². The van der Waals surface area contributed by atoms with Crippen LogP contribution in [0.2, 0.25) is 0 Å².